The van der Waals surface area contributed by atoms with Gasteiger partial charge in [-0.15, -0.1) is 11.3 Å². The van der Waals surface area contributed by atoms with E-state index in [4.69, 9.17) is 9.78 Å². The number of carbonyl (C=O) groups excluding carboxylic acids is 1. The molecule has 0 aliphatic carbocycles. The first-order chi connectivity index (χ1) is 11.8. The van der Waals surface area contributed by atoms with Crippen molar-refractivity contribution in [1.29, 1.82) is 5.26 Å². The van der Waals surface area contributed by atoms with Crippen molar-refractivity contribution < 1.29 is 18.1 Å². The molecule has 0 amide bonds. The molecular formula is C18H12F2N2O2S. The number of nitrogens with zero attached hydrogens (tertiary/aromatic N) is 2. The molecule has 0 fully saturated rings. The van der Waals surface area contributed by atoms with Gasteiger partial charge in [0.2, 0.25) is 11.5 Å². The summed E-state index contributed by atoms with van der Waals surface area (Å²) in [7, 11) is 0. The quantitative estimate of drug-likeness (QED) is 0.621. The number of rotatable bonds is 4. The molecule has 0 saturated carbocycles. The van der Waals surface area contributed by atoms with E-state index in [0.717, 1.165) is 18.3 Å². The zero-order chi connectivity index (χ0) is 18.2. The summed E-state index contributed by atoms with van der Waals surface area (Å²) >= 11 is 1.16. The average Bonchev–Trinajstić information content (AvgIpc) is 3.20. The summed E-state index contributed by atoms with van der Waals surface area (Å²) in [4.78, 5) is 13.5. The lowest BCUT2D eigenvalue weighted by Gasteiger charge is -2.05. The van der Waals surface area contributed by atoms with Crippen molar-refractivity contribution in [3.05, 3.63) is 63.7 Å². The molecule has 3 rings (SSSR count). The third-order valence-corrected chi connectivity index (χ3v) is 4.75. The first kappa shape index (κ1) is 17.0. The number of aromatic nitrogens is 1. The van der Waals surface area contributed by atoms with Gasteiger partial charge in [-0.1, -0.05) is 5.16 Å². The van der Waals surface area contributed by atoms with Crippen LogP contribution in [0.1, 0.15) is 39.0 Å². The summed E-state index contributed by atoms with van der Waals surface area (Å²) in [6.07, 6.45) is 0. The molecule has 0 aliphatic rings. The maximum Gasteiger partial charge on any atom is 0.304 e. The lowest BCUT2D eigenvalue weighted by atomic mass is 10.1. The van der Waals surface area contributed by atoms with Crippen LogP contribution in [0, 0.1) is 18.3 Å². The number of ketones is 1. The molecule has 25 heavy (non-hydrogen) atoms. The summed E-state index contributed by atoms with van der Waals surface area (Å²) in [5.74, 6) is -3.80. The van der Waals surface area contributed by atoms with Crippen LogP contribution in [0.3, 0.4) is 0 Å². The van der Waals surface area contributed by atoms with Crippen LogP contribution in [0.5, 0.6) is 0 Å². The summed E-state index contributed by atoms with van der Waals surface area (Å²) in [6.45, 7) is 2.26. The maximum absolute atomic E-state index is 13.5. The first-order valence-electron chi connectivity index (χ1n) is 7.31. The molecule has 0 radical (unpaired) electrons. The summed E-state index contributed by atoms with van der Waals surface area (Å²) in [5, 5.41) is 12.5. The fourth-order valence-corrected chi connectivity index (χ4v) is 3.41. The molecule has 0 N–H and O–H groups in total. The van der Waals surface area contributed by atoms with E-state index < -0.39 is 11.7 Å². The minimum absolute atomic E-state index is 0.206. The minimum atomic E-state index is -3.12. The van der Waals surface area contributed by atoms with Crippen molar-refractivity contribution in [3.63, 3.8) is 0 Å². The molecule has 0 bridgehead atoms. The van der Waals surface area contributed by atoms with Gasteiger partial charge in [-0.3, -0.25) is 4.79 Å². The molecular weight excluding hydrogens is 346 g/mol. The van der Waals surface area contributed by atoms with Crippen molar-refractivity contribution in [3.8, 4) is 16.6 Å². The zero-order valence-corrected chi connectivity index (χ0v) is 14.2. The smallest absolute Gasteiger partial charge is 0.304 e. The van der Waals surface area contributed by atoms with E-state index in [1.807, 2.05) is 6.07 Å². The topological polar surface area (TPSA) is 66.9 Å². The number of alkyl halides is 2. The Morgan fingerprint density at radius 1 is 1.24 bits per heavy atom. The van der Waals surface area contributed by atoms with Crippen LogP contribution in [0.2, 0.25) is 0 Å². The molecule has 0 aliphatic heterocycles. The van der Waals surface area contributed by atoms with Gasteiger partial charge in [-0.2, -0.15) is 14.0 Å². The molecule has 0 saturated heterocycles. The average molecular weight is 358 g/mol. The second-order valence-electron chi connectivity index (χ2n) is 5.56. The van der Waals surface area contributed by atoms with Crippen LogP contribution < -0.4 is 0 Å². The number of nitriles is 1. The number of hydrogen-bond acceptors (Lipinski definition) is 5. The molecule has 0 spiro atoms. The molecule has 1 aromatic carbocycles. The van der Waals surface area contributed by atoms with Crippen LogP contribution in [-0.2, 0) is 5.92 Å². The Bertz CT molecular complexity index is 976. The Labute approximate surface area is 146 Å². The third kappa shape index (κ3) is 3.21. The normalized spacial score (nSPS) is 11.3. The van der Waals surface area contributed by atoms with Gasteiger partial charge in [0.1, 0.15) is 5.69 Å². The second-order valence-corrected chi connectivity index (χ2v) is 6.64. The Hall–Kier alpha value is -2.85. The number of halogens is 2. The largest absolute Gasteiger partial charge is 0.354 e. The Balaban J connectivity index is 1.91. The fraction of sp³-hybridized carbons (Fsp3) is 0.167. The van der Waals surface area contributed by atoms with Crippen molar-refractivity contribution >= 4 is 17.1 Å². The first-order valence-corrected chi connectivity index (χ1v) is 8.12. The van der Waals surface area contributed by atoms with Gasteiger partial charge in [0.25, 0.3) is 0 Å². The van der Waals surface area contributed by atoms with E-state index in [1.54, 1.807) is 36.4 Å². The summed E-state index contributed by atoms with van der Waals surface area (Å²) < 4.78 is 31.7. The Kier molecular flexibility index (Phi) is 4.23. The molecule has 3 aromatic rings. The molecule has 2 heterocycles. The van der Waals surface area contributed by atoms with Gasteiger partial charge in [0, 0.05) is 18.1 Å². The molecule has 0 unspecified atom stereocenters. The SMILES string of the molecule is Cc1c(-c2ccc(C(=O)c3ccc(C#N)cc3)s2)noc1C(C)(F)F. The van der Waals surface area contributed by atoms with Gasteiger partial charge in [0.15, 0.2) is 0 Å². The summed E-state index contributed by atoms with van der Waals surface area (Å²) in [6, 6.07) is 11.6. The predicted octanol–water partition coefficient (Wildman–Crippen LogP) is 4.93. The highest BCUT2D eigenvalue weighted by Gasteiger charge is 2.33. The third-order valence-electron chi connectivity index (χ3n) is 3.66. The van der Waals surface area contributed by atoms with Gasteiger partial charge in [-0.25, -0.2) is 0 Å². The molecule has 2 aromatic heterocycles. The van der Waals surface area contributed by atoms with E-state index in [-0.39, 0.29) is 11.3 Å². The fourth-order valence-electron chi connectivity index (χ4n) is 2.40. The number of carbonyl (C=O) groups is 1. The van der Waals surface area contributed by atoms with Crippen LogP contribution in [0.4, 0.5) is 8.78 Å². The maximum atomic E-state index is 13.5. The van der Waals surface area contributed by atoms with Crippen LogP contribution in [-0.4, -0.2) is 10.9 Å². The Morgan fingerprint density at radius 3 is 2.48 bits per heavy atom. The lowest BCUT2D eigenvalue weighted by molar-refractivity contribution is -0.0112. The van der Waals surface area contributed by atoms with Crippen LogP contribution in [0.15, 0.2) is 40.9 Å². The van der Waals surface area contributed by atoms with E-state index in [1.165, 1.54) is 6.92 Å². The van der Waals surface area contributed by atoms with Gasteiger partial charge < -0.3 is 4.52 Å². The number of hydrogen-bond donors (Lipinski definition) is 0. The van der Waals surface area contributed by atoms with Gasteiger partial charge in [0.05, 0.1) is 21.4 Å². The highest BCUT2D eigenvalue weighted by molar-refractivity contribution is 7.17. The van der Waals surface area contributed by atoms with Crippen molar-refractivity contribution in [1.82, 2.24) is 5.16 Å². The summed E-state index contributed by atoms with van der Waals surface area (Å²) in [5.41, 5.74) is 1.48. The second kappa shape index (κ2) is 6.22. The highest BCUT2D eigenvalue weighted by atomic mass is 32.1. The van der Waals surface area contributed by atoms with Gasteiger partial charge >= 0.3 is 5.92 Å². The predicted molar refractivity (Wildman–Crippen MR) is 88.7 cm³/mol. The highest BCUT2D eigenvalue weighted by Crippen LogP contribution is 2.37. The molecule has 4 nitrogen and oxygen atoms in total. The molecule has 0 atom stereocenters. The Morgan fingerprint density at radius 2 is 1.92 bits per heavy atom. The number of thiophene rings is 1. The molecule has 7 heteroatoms. The number of benzene rings is 1. The van der Waals surface area contributed by atoms with Crippen molar-refractivity contribution in [2.45, 2.75) is 19.8 Å². The lowest BCUT2D eigenvalue weighted by Crippen LogP contribution is -2.06. The monoisotopic (exact) mass is 358 g/mol. The van der Waals surface area contributed by atoms with Crippen molar-refractivity contribution in [2.75, 3.05) is 0 Å². The van der Waals surface area contributed by atoms with E-state index in [9.17, 15) is 13.6 Å². The standard InChI is InChI=1S/C18H12F2N2O2S/c1-10-15(22-24-17(10)18(2,19)20)13-7-8-14(25-13)16(23)12-5-3-11(9-21)4-6-12/h3-8H,1-2H3. The van der Waals surface area contributed by atoms with Gasteiger partial charge in [-0.05, 0) is 43.3 Å². The van der Waals surface area contributed by atoms with Crippen molar-refractivity contribution in [2.24, 2.45) is 0 Å². The molecule has 126 valence electrons. The van der Waals surface area contributed by atoms with E-state index >= 15 is 0 Å². The zero-order valence-electron chi connectivity index (χ0n) is 13.3. The van der Waals surface area contributed by atoms with Crippen LogP contribution >= 0.6 is 11.3 Å². The minimum Gasteiger partial charge on any atom is -0.354 e. The van der Waals surface area contributed by atoms with E-state index in [2.05, 4.69) is 5.16 Å². The van der Waals surface area contributed by atoms with E-state index in [0.29, 0.717) is 26.6 Å². The van der Waals surface area contributed by atoms with Crippen LogP contribution in [0.25, 0.3) is 10.6 Å².